The molecule has 4 rings (SSSR count). The van der Waals surface area contributed by atoms with Crippen molar-refractivity contribution in [3.63, 3.8) is 0 Å². The Labute approximate surface area is 211 Å². The molecule has 1 aliphatic heterocycles. The van der Waals surface area contributed by atoms with Crippen LogP contribution in [0.2, 0.25) is 0 Å². The molecule has 1 aliphatic rings. The van der Waals surface area contributed by atoms with E-state index in [-0.39, 0.29) is 12.1 Å². The Morgan fingerprint density at radius 3 is 1.89 bits per heavy atom. The molecular formula is C29H32O5S. The van der Waals surface area contributed by atoms with Crippen LogP contribution >= 0.6 is 11.8 Å². The number of hydrogen-bond donors (Lipinski definition) is 0. The highest BCUT2D eigenvalue weighted by Gasteiger charge is 2.48. The summed E-state index contributed by atoms with van der Waals surface area (Å²) in [7, 11) is 0. The van der Waals surface area contributed by atoms with Crippen LogP contribution in [-0.2, 0) is 37.0 Å². The molecule has 0 radical (unpaired) electrons. The van der Waals surface area contributed by atoms with Gasteiger partial charge < -0.3 is 18.9 Å². The first kappa shape index (κ1) is 25.5. The molecule has 0 amide bonds. The van der Waals surface area contributed by atoms with Crippen molar-refractivity contribution in [1.29, 1.82) is 0 Å². The molecule has 5 atom stereocenters. The lowest BCUT2D eigenvalue weighted by molar-refractivity contribution is -0.237. The summed E-state index contributed by atoms with van der Waals surface area (Å²) in [5.41, 5.74) is 2.84. The summed E-state index contributed by atoms with van der Waals surface area (Å²) in [5, 5.41) is 0. The van der Waals surface area contributed by atoms with Crippen molar-refractivity contribution in [2.45, 2.75) is 68.7 Å². The van der Waals surface area contributed by atoms with Gasteiger partial charge in [0.1, 0.15) is 17.6 Å². The molecule has 0 spiro atoms. The molecule has 3 aromatic carbocycles. The summed E-state index contributed by atoms with van der Waals surface area (Å²) in [4.78, 5) is 13.2. The predicted molar refractivity (Wildman–Crippen MR) is 137 cm³/mol. The van der Waals surface area contributed by atoms with Crippen LogP contribution in [-0.4, -0.2) is 35.8 Å². The van der Waals surface area contributed by atoms with E-state index in [1.54, 1.807) is 0 Å². The Hall–Kier alpha value is -2.64. The van der Waals surface area contributed by atoms with E-state index in [0.717, 1.165) is 16.0 Å². The van der Waals surface area contributed by atoms with Crippen LogP contribution in [0.5, 0.6) is 0 Å². The smallest absolute Gasteiger partial charge is 0.303 e. The number of carbonyl (C=O) groups excluding carboxylic acids is 1. The predicted octanol–water partition coefficient (Wildman–Crippen LogP) is 5.93. The first-order valence-electron chi connectivity index (χ1n) is 11.9. The third-order valence-corrected chi connectivity index (χ3v) is 7.03. The van der Waals surface area contributed by atoms with Crippen LogP contribution in [0.25, 0.3) is 0 Å². The fourth-order valence-corrected chi connectivity index (χ4v) is 5.23. The first-order chi connectivity index (χ1) is 17.0. The molecular weight excluding hydrogens is 460 g/mol. The van der Waals surface area contributed by atoms with Gasteiger partial charge in [-0.2, -0.15) is 0 Å². The van der Waals surface area contributed by atoms with Crippen molar-refractivity contribution in [3.05, 3.63) is 102 Å². The number of aryl methyl sites for hydroxylation is 1. The Balaban J connectivity index is 1.58. The minimum Gasteiger partial charge on any atom is -0.456 e. The second kappa shape index (κ2) is 12.4. The molecule has 0 bridgehead atoms. The van der Waals surface area contributed by atoms with E-state index in [0.29, 0.717) is 13.2 Å². The lowest BCUT2D eigenvalue weighted by atomic mass is 9.99. The Bertz CT molecular complexity index is 1060. The van der Waals surface area contributed by atoms with Gasteiger partial charge in [0.05, 0.1) is 19.3 Å². The maximum Gasteiger partial charge on any atom is 0.303 e. The van der Waals surface area contributed by atoms with E-state index >= 15 is 0 Å². The second-order valence-electron chi connectivity index (χ2n) is 8.74. The molecule has 35 heavy (non-hydrogen) atoms. The number of rotatable bonds is 9. The van der Waals surface area contributed by atoms with Gasteiger partial charge in [0.2, 0.25) is 0 Å². The SMILES string of the molecule is CC(=O)O[C@@H]1[C@@H](OCc2ccccc2)[C@@H](OCc2ccccc2)[C@@H](C)O[C@H]1Sc1ccc(C)cc1. The van der Waals surface area contributed by atoms with E-state index in [2.05, 4.69) is 31.2 Å². The molecule has 3 aromatic rings. The largest absolute Gasteiger partial charge is 0.456 e. The van der Waals surface area contributed by atoms with Gasteiger partial charge in [0.15, 0.2) is 6.10 Å². The highest BCUT2D eigenvalue weighted by Crippen LogP contribution is 2.37. The molecule has 1 fully saturated rings. The average molecular weight is 493 g/mol. The van der Waals surface area contributed by atoms with Crippen LogP contribution < -0.4 is 0 Å². The zero-order valence-corrected chi connectivity index (χ0v) is 21.1. The topological polar surface area (TPSA) is 54.0 Å². The molecule has 0 saturated carbocycles. The molecule has 1 heterocycles. The number of hydrogen-bond acceptors (Lipinski definition) is 6. The summed E-state index contributed by atoms with van der Waals surface area (Å²) < 4.78 is 25.0. The van der Waals surface area contributed by atoms with Gasteiger partial charge in [0.25, 0.3) is 0 Å². The number of benzene rings is 3. The van der Waals surface area contributed by atoms with Crippen molar-refractivity contribution in [1.82, 2.24) is 0 Å². The lowest BCUT2D eigenvalue weighted by Gasteiger charge is -2.44. The van der Waals surface area contributed by atoms with Crippen LogP contribution in [0.1, 0.15) is 30.5 Å². The quantitative estimate of drug-likeness (QED) is 0.345. The Morgan fingerprint density at radius 2 is 1.34 bits per heavy atom. The third-order valence-electron chi connectivity index (χ3n) is 5.87. The number of thioether (sulfide) groups is 1. The second-order valence-corrected chi connectivity index (χ2v) is 9.91. The fraction of sp³-hybridized carbons (Fsp3) is 0.345. The molecule has 184 valence electrons. The molecule has 0 unspecified atom stereocenters. The van der Waals surface area contributed by atoms with Crippen molar-refractivity contribution >= 4 is 17.7 Å². The van der Waals surface area contributed by atoms with Gasteiger partial charge in [0, 0.05) is 11.8 Å². The summed E-state index contributed by atoms with van der Waals surface area (Å²) in [6.07, 6.45) is -1.83. The summed E-state index contributed by atoms with van der Waals surface area (Å²) in [6, 6.07) is 28.2. The van der Waals surface area contributed by atoms with E-state index in [4.69, 9.17) is 18.9 Å². The summed E-state index contributed by atoms with van der Waals surface area (Å²) in [6.45, 7) is 6.24. The molecule has 6 heteroatoms. The Morgan fingerprint density at radius 1 is 0.800 bits per heavy atom. The summed E-state index contributed by atoms with van der Waals surface area (Å²) >= 11 is 1.53. The van der Waals surface area contributed by atoms with Crippen LogP contribution in [0, 0.1) is 6.92 Å². The molecule has 0 N–H and O–H groups in total. The highest BCUT2D eigenvalue weighted by atomic mass is 32.2. The van der Waals surface area contributed by atoms with E-state index in [9.17, 15) is 4.79 Å². The van der Waals surface area contributed by atoms with Crippen LogP contribution in [0.4, 0.5) is 0 Å². The van der Waals surface area contributed by atoms with Crippen LogP contribution in [0.15, 0.2) is 89.8 Å². The van der Waals surface area contributed by atoms with Crippen molar-refractivity contribution < 1.29 is 23.7 Å². The monoisotopic (exact) mass is 492 g/mol. The number of ether oxygens (including phenoxy) is 4. The van der Waals surface area contributed by atoms with Crippen molar-refractivity contribution in [2.24, 2.45) is 0 Å². The number of esters is 1. The van der Waals surface area contributed by atoms with E-state index in [1.807, 2.05) is 67.6 Å². The minimum atomic E-state index is -0.639. The van der Waals surface area contributed by atoms with E-state index < -0.39 is 23.7 Å². The fourth-order valence-electron chi connectivity index (χ4n) is 4.09. The van der Waals surface area contributed by atoms with E-state index in [1.165, 1.54) is 24.2 Å². The normalized spacial score (nSPS) is 24.1. The van der Waals surface area contributed by atoms with Gasteiger partial charge in [-0.1, -0.05) is 90.1 Å². The maximum absolute atomic E-state index is 12.2. The summed E-state index contributed by atoms with van der Waals surface area (Å²) in [5.74, 6) is -0.377. The lowest BCUT2D eigenvalue weighted by Crippen LogP contribution is -2.58. The standard InChI is InChI=1S/C29H32O5S/c1-20-14-16-25(17-15-20)35-29-28(34-22(3)30)27(32-19-24-12-8-5-9-13-24)26(21(2)33-29)31-18-23-10-6-4-7-11-23/h4-17,21,26-29H,18-19H2,1-3H3/t21-,26+,27+,28-,29+/m1/s1. The molecule has 0 aromatic heterocycles. The third kappa shape index (κ3) is 7.18. The zero-order chi connectivity index (χ0) is 24.6. The Kier molecular flexibility index (Phi) is 8.99. The maximum atomic E-state index is 12.2. The van der Waals surface area contributed by atoms with Gasteiger partial charge in [-0.3, -0.25) is 4.79 Å². The molecule has 0 aliphatic carbocycles. The van der Waals surface area contributed by atoms with Gasteiger partial charge in [-0.25, -0.2) is 0 Å². The first-order valence-corrected chi connectivity index (χ1v) is 12.7. The minimum absolute atomic E-state index is 0.269. The number of carbonyl (C=O) groups is 1. The highest BCUT2D eigenvalue weighted by molar-refractivity contribution is 7.99. The zero-order valence-electron chi connectivity index (χ0n) is 20.3. The molecule has 5 nitrogen and oxygen atoms in total. The van der Waals surface area contributed by atoms with Crippen molar-refractivity contribution in [2.75, 3.05) is 0 Å². The average Bonchev–Trinajstić information content (AvgIpc) is 2.86. The van der Waals surface area contributed by atoms with Crippen molar-refractivity contribution in [3.8, 4) is 0 Å². The van der Waals surface area contributed by atoms with Gasteiger partial charge in [-0.15, -0.1) is 0 Å². The van der Waals surface area contributed by atoms with Crippen LogP contribution in [0.3, 0.4) is 0 Å². The van der Waals surface area contributed by atoms with Gasteiger partial charge in [-0.05, 0) is 37.1 Å². The van der Waals surface area contributed by atoms with Gasteiger partial charge >= 0.3 is 5.97 Å². The molecule has 1 saturated heterocycles.